The molecule has 0 spiro atoms. The van der Waals surface area contributed by atoms with E-state index < -0.39 is 0 Å². The van der Waals surface area contributed by atoms with Crippen LogP contribution in [0.5, 0.6) is 5.75 Å². The molecule has 1 aliphatic carbocycles. The average molecular weight is 400 g/mol. The molecule has 1 aromatic rings. The second-order valence-corrected chi connectivity index (χ2v) is 9.47. The number of carbonyl (C=O) groups is 1. The highest BCUT2D eigenvalue weighted by Gasteiger charge is 2.32. The van der Waals surface area contributed by atoms with Crippen LogP contribution < -0.4 is 10.1 Å². The number of nitrogens with zero attached hydrogens (tertiary/aromatic N) is 2. The van der Waals surface area contributed by atoms with Crippen molar-refractivity contribution in [3.8, 4) is 5.75 Å². The van der Waals surface area contributed by atoms with Crippen molar-refractivity contribution in [2.45, 2.75) is 83.5 Å². The highest BCUT2D eigenvalue weighted by atomic mass is 16.5. The summed E-state index contributed by atoms with van der Waals surface area (Å²) in [5.41, 5.74) is 1.79. The van der Waals surface area contributed by atoms with E-state index in [0.29, 0.717) is 6.04 Å². The molecule has 0 bridgehead atoms. The van der Waals surface area contributed by atoms with Gasteiger partial charge in [0, 0.05) is 49.9 Å². The number of hydrogen-bond acceptors (Lipinski definition) is 4. The minimum atomic E-state index is 0.0466. The molecule has 1 N–H and O–H groups in total. The molecule has 1 saturated carbocycles. The number of rotatable bonds is 6. The minimum absolute atomic E-state index is 0.0466. The maximum atomic E-state index is 12.7. The van der Waals surface area contributed by atoms with Gasteiger partial charge < -0.3 is 15.0 Å². The van der Waals surface area contributed by atoms with Crippen LogP contribution in [0.4, 0.5) is 0 Å². The molecule has 1 atom stereocenters. The summed E-state index contributed by atoms with van der Waals surface area (Å²) in [5, 5.41) is 3.24. The molecule has 1 unspecified atom stereocenters. The van der Waals surface area contributed by atoms with Gasteiger partial charge in [-0.1, -0.05) is 6.42 Å². The zero-order valence-electron chi connectivity index (χ0n) is 18.3. The van der Waals surface area contributed by atoms with E-state index in [1.807, 2.05) is 25.1 Å². The molecule has 1 amide bonds. The molecule has 5 nitrogen and oxygen atoms in total. The van der Waals surface area contributed by atoms with Crippen LogP contribution >= 0.6 is 0 Å². The summed E-state index contributed by atoms with van der Waals surface area (Å²) in [5.74, 6) is 0.965. The van der Waals surface area contributed by atoms with Gasteiger partial charge in [0.05, 0.1) is 0 Å². The zero-order chi connectivity index (χ0) is 20.4. The molecule has 3 fully saturated rings. The molecule has 160 valence electrons. The van der Waals surface area contributed by atoms with Crippen molar-refractivity contribution >= 4 is 5.91 Å². The van der Waals surface area contributed by atoms with Crippen molar-refractivity contribution in [3.63, 3.8) is 0 Å². The first-order valence-electron chi connectivity index (χ1n) is 11.6. The van der Waals surface area contributed by atoms with Crippen molar-refractivity contribution in [1.82, 2.24) is 15.1 Å². The lowest BCUT2D eigenvalue weighted by Crippen LogP contribution is -2.42. The number of hydrogen-bond donors (Lipinski definition) is 1. The van der Waals surface area contributed by atoms with Gasteiger partial charge in [-0.15, -0.1) is 0 Å². The van der Waals surface area contributed by atoms with Crippen LogP contribution in [0.2, 0.25) is 0 Å². The second-order valence-electron chi connectivity index (χ2n) is 9.47. The fraction of sp³-hybridized carbons (Fsp3) is 0.708. The Kier molecular flexibility index (Phi) is 6.45. The topological polar surface area (TPSA) is 44.8 Å². The molecule has 4 rings (SSSR count). The van der Waals surface area contributed by atoms with Gasteiger partial charge in [-0.25, -0.2) is 0 Å². The Hall–Kier alpha value is -1.59. The van der Waals surface area contributed by atoms with Crippen molar-refractivity contribution in [2.75, 3.05) is 26.2 Å². The average Bonchev–Trinajstić information content (AvgIpc) is 3.10. The standard InChI is InChI=1S/C24H37N3O2/c1-17(2)26-13-10-22(11-14-26)29-23-8-7-19(15-18(23)3)24(28)25-20-9-12-27(16-20)21-5-4-6-21/h7-8,15,17,20-22H,4-6,9-14,16H2,1-3H3,(H,25,28). The number of likely N-dealkylation sites (tertiary alicyclic amines) is 2. The second kappa shape index (κ2) is 9.05. The van der Waals surface area contributed by atoms with Gasteiger partial charge in [-0.3, -0.25) is 9.69 Å². The third-order valence-electron chi connectivity index (χ3n) is 7.08. The lowest BCUT2D eigenvalue weighted by atomic mass is 9.92. The summed E-state index contributed by atoms with van der Waals surface area (Å²) in [7, 11) is 0. The van der Waals surface area contributed by atoms with E-state index in [4.69, 9.17) is 4.74 Å². The quantitative estimate of drug-likeness (QED) is 0.794. The monoisotopic (exact) mass is 399 g/mol. The van der Waals surface area contributed by atoms with Crippen molar-refractivity contribution in [2.24, 2.45) is 0 Å². The van der Waals surface area contributed by atoms with E-state index in [9.17, 15) is 4.79 Å². The summed E-state index contributed by atoms with van der Waals surface area (Å²) >= 11 is 0. The van der Waals surface area contributed by atoms with Gasteiger partial charge in [0.25, 0.3) is 5.91 Å². The van der Waals surface area contributed by atoms with Gasteiger partial charge in [0.15, 0.2) is 0 Å². The number of carbonyl (C=O) groups excluding carboxylic acids is 1. The summed E-state index contributed by atoms with van der Waals surface area (Å²) in [6.45, 7) is 10.9. The summed E-state index contributed by atoms with van der Waals surface area (Å²) in [4.78, 5) is 17.8. The Bertz CT molecular complexity index is 708. The summed E-state index contributed by atoms with van der Waals surface area (Å²) in [6.07, 6.45) is 7.51. The largest absolute Gasteiger partial charge is 0.490 e. The Labute approximate surface area is 175 Å². The molecule has 2 heterocycles. The van der Waals surface area contributed by atoms with Crippen molar-refractivity contribution < 1.29 is 9.53 Å². The predicted molar refractivity (Wildman–Crippen MR) is 117 cm³/mol. The smallest absolute Gasteiger partial charge is 0.251 e. The third kappa shape index (κ3) is 4.95. The normalized spacial score (nSPS) is 24.6. The molecular weight excluding hydrogens is 362 g/mol. The number of amides is 1. The van der Waals surface area contributed by atoms with Crippen LogP contribution in [0, 0.1) is 6.92 Å². The van der Waals surface area contributed by atoms with Crippen LogP contribution in [-0.4, -0.2) is 66.1 Å². The first kappa shape index (κ1) is 20.7. The first-order valence-corrected chi connectivity index (χ1v) is 11.6. The number of aryl methyl sites for hydroxylation is 1. The summed E-state index contributed by atoms with van der Waals surface area (Å²) < 4.78 is 6.28. The van der Waals surface area contributed by atoms with Crippen molar-refractivity contribution in [3.05, 3.63) is 29.3 Å². The lowest BCUT2D eigenvalue weighted by molar-refractivity contribution is 0.0838. The Morgan fingerprint density at radius 3 is 2.48 bits per heavy atom. The zero-order valence-corrected chi connectivity index (χ0v) is 18.3. The van der Waals surface area contributed by atoms with E-state index in [1.165, 1.54) is 19.3 Å². The fourth-order valence-electron chi connectivity index (χ4n) is 4.87. The Balaban J connectivity index is 1.28. The van der Waals surface area contributed by atoms with Crippen LogP contribution in [0.15, 0.2) is 18.2 Å². The molecule has 2 aliphatic heterocycles. The van der Waals surface area contributed by atoms with Crippen LogP contribution in [0.25, 0.3) is 0 Å². The Morgan fingerprint density at radius 1 is 1.10 bits per heavy atom. The van der Waals surface area contributed by atoms with E-state index in [2.05, 4.69) is 29.0 Å². The van der Waals surface area contributed by atoms with Crippen molar-refractivity contribution in [1.29, 1.82) is 0 Å². The molecular formula is C24H37N3O2. The minimum Gasteiger partial charge on any atom is -0.490 e. The molecule has 29 heavy (non-hydrogen) atoms. The number of ether oxygens (including phenoxy) is 1. The maximum Gasteiger partial charge on any atom is 0.251 e. The van der Waals surface area contributed by atoms with Gasteiger partial charge in [-0.05, 0) is 76.6 Å². The van der Waals surface area contributed by atoms with Crippen LogP contribution in [-0.2, 0) is 0 Å². The van der Waals surface area contributed by atoms with Gasteiger partial charge in [0.1, 0.15) is 11.9 Å². The predicted octanol–water partition coefficient (Wildman–Crippen LogP) is 3.60. The number of piperidine rings is 1. The maximum absolute atomic E-state index is 12.7. The van der Waals surface area contributed by atoms with E-state index in [0.717, 1.165) is 68.4 Å². The van der Waals surface area contributed by atoms with Gasteiger partial charge >= 0.3 is 0 Å². The van der Waals surface area contributed by atoms with Crippen LogP contribution in [0.1, 0.15) is 68.3 Å². The van der Waals surface area contributed by atoms with E-state index in [-0.39, 0.29) is 18.1 Å². The van der Waals surface area contributed by atoms with Gasteiger partial charge in [-0.2, -0.15) is 0 Å². The highest BCUT2D eigenvalue weighted by molar-refractivity contribution is 5.94. The third-order valence-corrected chi connectivity index (χ3v) is 7.08. The first-order chi connectivity index (χ1) is 14.0. The fourth-order valence-corrected chi connectivity index (χ4v) is 4.87. The molecule has 2 saturated heterocycles. The molecule has 0 radical (unpaired) electrons. The Morgan fingerprint density at radius 2 is 1.86 bits per heavy atom. The number of benzene rings is 1. The molecule has 0 aromatic heterocycles. The SMILES string of the molecule is Cc1cc(C(=O)NC2CCN(C3CCC3)C2)ccc1OC1CCN(C(C)C)CC1. The van der Waals surface area contributed by atoms with Crippen LogP contribution in [0.3, 0.4) is 0 Å². The van der Waals surface area contributed by atoms with E-state index in [1.54, 1.807) is 0 Å². The molecule has 3 aliphatic rings. The van der Waals surface area contributed by atoms with E-state index >= 15 is 0 Å². The lowest BCUT2D eigenvalue weighted by Gasteiger charge is -2.34. The molecule has 1 aromatic carbocycles. The summed E-state index contributed by atoms with van der Waals surface area (Å²) in [6, 6.07) is 7.53. The highest BCUT2D eigenvalue weighted by Crippen LogP contribution is 2.28. The molecule has 5 heteroatoms. The number of nitrogens with one attached hydrogen (secondary N) is 1. The van der Waals surface area contributed by atoms with Gasteiger partial charge in [0.2, 0.25) is 0 Å².